The summed E-state index contributed by atoms with van der Waals surface area (Å²) in [5.41, 5.74) is 0.149. The van der Waals surface area contributed by atoms with Gasteiger partial charge in [-0.2, -0.15) is 0 Å². The summed E-state index contributed by atoms with van der Waals surface area (Å²) in [5, 5.41) is 14.5. The molecule has 0 aromatic heterocycles. The molecule has 0 heterocycles. The van der Waals surface area contributed by atoms with Crippen molar-refractivity contribution in [1.82, 2.24) is 5.32 Å². The predicted molar refractivity (Wildman–Crippen MR) is 80.8 cm³/mol. The molecule has 1 aromatic rings. The van der Waals surface area contributed by atoms with Crippen LogP contribution in [0, 0.1) is 10.1 Å². The van der Waals surface area contributed by atoms with E-state index in [0.717, 1.165) is 24.2 Å². The van der Waals surface area contributed by atoms with Gasteiger partial charge in [0.15, 0.2) is 0 Å². The van der Waals surface area contributed by atoms with Crippen LogP contribution in [0.4, 0.5) is 5.69 Å². The predicted octanol–water partition coefficient (Wildman–Crippen LogP) is 3.85. The first kappa shape index (κ1) is 16.0. The number of nitro benzene ring substituents is 1. The molecule has 0 bridgehead atoms. The number of nitro groups is 1. The van der Waals surface area contributed by atoms with E-state index in [0.29, 0.717) is 11.3 Å². The number of thioether (sulfide) groups is 1. The molecule has 19 heavy (non-hydrogen) atoms. The Hall–Kier alpha value is -1.07. The van der Waals surface area contributed by atoms with Crippen molar-refractivity contribution >= 4 is 17.4 Å². The van der Waals surface area contributed by atoms with Crippen LogP contribution in [0.15, 0.2) is 29.2 Å². The first-order valence-corrected chi connectivity index (χ1v) is 7.58. The Balaban J connectivity index is 2.71. The second-order valence-electron chi connectivity index (χ2n) is 4.50. The monoisotopic (exact) mass is 282 g/mol. The molecular formula is C14H22N2O2S. The molecule has 0 aliphatic rings. The molecule has 0 saturated carbocycles. The lowest BCUT2D eigenvalue weighted by molar-refractivity contribution is -0.384. The van der Waals surface area contributed by atoms with E-state index in [1.807, 2.05) is 19.2 Å². The van der Waals surface area contributed by atoms with E-state index in [1.165, 1.54) is 0 Å². The maximum atomic E-state index is 10.6. The van der Waals surface area contributed by atoms with Crippen molar-refractivity contribution in [3.05, 3.63) is 34.4 Å². The highest BCUT2D eigenvalue weighted by molar-refractivity contribution is 8.00. The van der Waals surface area contributed by atoms with Crippen molar-refractivity contribution in [2.75, 3.05) is 7.05 Å². The van der Waals surface area contributed by atoms with Crippen molar-refractivity contribution < 1.29 is 4.92 Å². The van der Waals surface area contributed by atoms with Crippen molar-refractivity contribution in [1.29, 1.82) is 0 Å². The van der Waals surface area contributed by atoms with Crippen molar-refractivity contribution in [2.45, 2.75) is 49.3 Å². The number of nitrogens with one attached hydrogen (secondary N) is 1. The maximum Gasteiger partial charge on any atom is 0.269 e. The average molecular weight is 282 g/mol. The molecule has 5 heteroatoms. The van der Waals surface area contributed by atoms with Crippen LogP contribution in [0.2, 0.25) is 0 Å². The normalized spacial score (nSPS) is 14.1. The molecular weight excluding hydrogens is 260 g/mol. The van der Waals surface area contributed by atoms with Crippen LogP contribution in [0.25, 0.3) is 0 Å². The summed E-state index contributed by atoms with van der Waals surface area (Å²) in [5.74, 6) is 0. The number of rotatable bonds is 8. The zero-order chi connectivity index (χ0) is 14.3. The van der Waals surface area contributed by atoms with E-state index >= 15 is 0 Å². The molecule has 0 aliphatic carbocycles. The fourth-order valence-electron chi connectivity index (χ4n) is 2.10. The zero-order valence-electron chi connectivity index (χ0n) is 11.8. The summed E-state index contributed by atoms with van der Waals surface area (Å²) in [6, 6.07) is 7.30. The lowest BCUT2D eigenvalue weighted by Crippen LogP contribution is -2.35. The minimum absolute atomic E-state index is 0.149. The SMILES string of the molecule is CCCC(NC)C(CC)Sc1ccc([N+](=O)[O-])cc1. The molecule has 0 saturated heterocycles. The lowest BCUT2D eigenvalue weighted by atomic mass is 10.1. The molecule has 2 atom stereocenters. The largest absolute Gasteiger partial charge is 0.316 e. The Morgan fingerprint density at radius 2 is 1.95 bits per heavy atom. The van der Waals surface area contributed by atoms with Crippen molar-refractivity contribution in [2.24, 2.45) is 0 Å². The Morgan fingerprint density at radius 3 is 2.37 bits per heavy atom. The summed E-state index contributed by atoms with van der Waals surface area (Å²) in [7, 11) is 2.00. The second kappa shape index (κ2) is 8.17. The molecule has 1 aromatic carbocycles. The standard InChI is InChI=1S/C14H22N2O2S/c1-4-6-13(15-3)14(5-2)19-12-9-7-11(8-10-12)16(17)18/h7-10,13-15H,4-6H2,1-3H3. The van der Waals surface area contributed by atoms with Gasteiger partial charge in [0.05, 0.1) is 4.92 Å². The Kier molecular flexibility index (Phi) is 6.87. The zero-order valence-corrected chi connectivity index (χ0v) is 12.6. The van der Waals surface area contributed by atoms with E-state index in [2.05, 4.69) is 19.2 Å². The van der Waals surface area contributed by atoms with Crippen LogP contribution in [0.5, 0.6) is 0 Å². The molecule has 0 amide bonds. The Morgan fingerprint density at radius 1 is 1.32 bits per heavy atom. The summed E-state index contributed by atoms with van der Waals surface area (Å²) < 4.78 is 0. The quantitative estimate of drug-likeness (QED) is 0.447. The van der Waals surface area contributed by atoms with Crippen LogP contribution in [0.3, 0.4) is 0 Å². The van der Waals surface area contributed by atoms with Gasteiger partial charge in [0.25, 0.3) is 5.69 Å². The van der Waals surface area contributed by atoms with Gasteiger partial charge in [-0.15, -0.1) is 11.8 Å². The number of nitrogens with zero attached hydrogens (tertiary/aromatic N) is 1. The van der Waals surface area contributed by atoms with E-state index in [-0.39, 0.29) is 10.6 Å². The topological polar surface area (TPSA) is 55.2 Å². The van der Waals surface area contributed by atoms with Gasteiger partial charge in [-0.05, 0) is 32.0 Å². The van der Waals surface area contributed by atoms with Gasteiger partial charge in [0, 0.05) is 28.3 Å². The third-order valence-corrected chi connectivity index (χ3v) is 4.67. The highest BCUT2D eigenvalue weighted by Crippen LogP contribution is 2.30. The summed E-state index contributed by atoms with van der Waals surface area (Å²) in [4.78, 5) is 11.3. The fourth-order valence-corrected chi connectivity index (χ4v) is 3.34. The van der Waals surface area contributed by atoms with Gasteiger partial charge in [-0.3, -0.25) is 10.1 Å². The fraction of sp³-hybridized carbons (Fsp3) is 0.571. The first-order chi connectivity index (χ1) is 9.12. The maximum absolute atomic E-state index is 10.6. The Labute approximate surface area is 119 Å². The van der Waals surface area contributed by atoms with Gasteiger partial charge in [-0.1, -0.05) is 20.3 Å². The van der Waals surface area contributed by atoms with E-state index in [4.69, 9.17) is 0 Å². The van der Waals surface area contributed by atoms with Crippen LogP contribution in [-0.2, 0) is 0 Å². The van der Waals surface area contributed by atoms with E-state index in [9.17, 15) is 10.1 Å². The highest BCUT2D eigenvalue weighted by Gasteiger charge is 2.19. The average Bonchev–Trinajstić information content (AvgIpc) is 2.43. The highest BCUT2D eigenvalue weighted by atomic mass is 32.2. The molecule has 2 unspecified atom stereocenters. The van der Waals surface area contributed by atoms with Crippen LogP contribution in [0.1, 0.15) is 33.1 Å². The molecule has 4 nitrogen and oxygen atoms in total. The lowest BCUT2D eigenvalue weighted by Gasteiger charge is -2.25. The summed E-state index contributed by atoms with van der Waals surface area (Å²) >= 11 is 1.80. The summed E-state index contributed by atoms with van der Waals surface area (Å²) in [6.07, 6.45) is 3.38. The van der Waals surface area contributed by atoms with Gasteiger partial charge in [0.2, 0.25) is 0 Å². The van der Waals surface area contributed by atoms with Crippen LogP contribution in [-0.4, -0.2) is 23.3 Å². The first-order valence-electron chi connectivity index (χ1n) is 6.70. The van der Waals surface area contributed by atoms with Crippen molar-refractivity contribution in [3.63, 3.8) is 0 Å². The molecule has 0 radical (unpaired) electrons. The number of benzene rings is 1. The number of hydrogen-bond donors (Lipinski definition) is 1. The molecule has 0 fully saturated rings. The Bertz CT molecular complexity index is 395. The van der Waals surface area contributed by atoms with Gasteiger partial charge in [0.1, 0.15) is 0 Å². The molecule has 1 N–H and O–H groups in total. The smallest absolute Gasteiger partial charge is 0.269 e. The van der Waals surface area contributed by atoms with E-state index in [1.54, 1.807) is 23.9 Å². The van der Waals surface area contributed by atoms with Gasteiger partial charge in [-0.25, -0.2) is 0 Å². The third kappa shape index (κ3) is 4.84. The third-order valence-electron chi connectivity index (χ3n) is 3.16. The molecule has 106 valence electrons. The van der Waals surface area contributed by atoms with E-state index < -0.39 is 0 Å². The number of hydrogen-bond acceptors (Lipinski definition) is 4. The van der Waals surface area contributed by atoms with Crippen molar-refractivity contribution in [3.8, 4) is 0 Å². The van der Waals surface area contributed by atoms with Gasteiger partial charge < -0.3 is 5.32 Å². The molecule has 1 rings (SSSR count). The molecule has 0 aliphatic heterocycles. The second-order valence-corrected chi connectivity index (χ2v) is 5.81. The minimum Gasteiger partial charge on any atom is -0.316 e. The minimum atomic E-state index is -0.362. The van der Waals surface area contributed by atoms with Gasteiger partial charge >= 0.3 is 0 Å². The molecule has 0 spiro atoms. The number of non-ortho nitro benzene ring substituents is 1. The van der Waals surface area contributed by atoms with Crippen LogP contribution < -0.4 is 5.32 Å². The van der Waals surface area contributed by atoms with Crippen LogP contribution >= 0.6 is 11.8 Å². The summed E-state index contributed by atoms with van der Waals surface area (Å²) in [6.45, 7) is 4.37.